The summed E-state index contributed by atoms with van der Waals surface area (Å²) in [5.74, 6) is -2.02. The monoisotopic (exact) mass is 488 g/mol. The number of fused-ring (bicyclic) bond motifs is 2. The van der Waals surface area contributed by atoms with Crippen molar-refractivity contribution in [3.05, 3.63) is 34.4 Å². The van der Waals surface area contributed by atoms with Crippen LogP contribution in [0.2, 0.25) is 0 Å². The quantitative estimate of drug-likeness (QED) is 0.331. The highest BCUT2D eigenvalue weighted by Crippen LogP contribution is 2.52. The van der Waals surface area contributed by atoms with Crippen LogP contribution in [0.1, 0.15) is 74.1 Å². The second-order valence-corrected chi connectivity index (χ2v) is 10.00. The van der Waals surface area contributed by atoms with Crippen LogP contribution in [0, 0.1) is 11.3 Å². The van der Waals surface area contributed by atoms with Gasteiger partial charge in [-0.15, -0.1) is 0 Å². The largest absolute Gasteiger partial charge is 0.462 e. The summed E-state index contributed by atoms with van der Waals surface area (Å²) in [6.45, 7) is 11.9. The van der Waals surface area contributed by atoms with Crippen molar-refractivity contribution in [2.45, 2.75) is 98.6 Å². The number of allylic oxidation sites excluding steroid dienone is 2. The predicted octanol–water partition coefficient (Wildman–Crippen LogP) is 4.13. The van der Waals surface area contributed by atoms with E-state index in [4.69, 9.17) is 18.9 Å². The second kappa shape index (κ2) is 10.4. The molecule has 0 aromatic rings. The van der Waals surface area contributed by atoms with Crippen LogP contribution in [0.5, 0.6) is 0 Å². The fourth-order valence-electron chi connectivity index (χ4n) is 5.64. The van der Waals surface area contributed by atoms with E-state index >= 15 is 0 Å². The highest BCUT2D eigenvalue weighted by atomic mass is 16.6. The van der Waals surface area contributed by atoms with Gasteiger partial charge in [0.05, 0.1) is 5.41 Å². The maximum absolute atomic E-state index is 12.6. The van der Waals surface area contributed by atoms with Gasteiger partial charge >= 0.3 is 23.9 Å². The van der Waals surface area contributed by atoms with E-state index in [1.165, 1.54) is 13.8 Å². The molecule has 0 fully saturated rings. The van der Waals surface area contributed by atoms with Crippen LogP contribution in [0.25, 0.3) is 0 Å². The molecular weight excluding hydrogens is 452 g/mol. The molecule has 6 atom stereocenters. The molecule has 0 radical (unpaired) electrons. The van der Waals surface area contributed by atoms with Crippen molar-refractivity contribution >= 4 is 23.9 Å². The number of rotatable bonds is 4. The molecule has 1 aliphatic heterocycles. The Labute approximate surface area is 206 Å². The van der Waals surface area contributed by atoms with E-state index in [0.717, 1.165) is 16.7 Å². The third kappa shape index (κ3) is 5.36. The molecule has 0 saturated heterocycles. The Morgan fingerprint density at radius 3 is 2.31 bits per heavy atom. The zero-order chi connectivity index (χ0) is 26.1. The van der Waals surface area contributed by atoms with Crippen LogP contribution < -0.4 is 0 Å². The Morgan fingerprint density at radius 2 is 1.71 bits per heavy atom. The molecule has 192 valence electrons. The molecule has 3 aliphatic rings. The molecule has 0 unspecified atom stereocenters. The number of hydrogen-bond donors (Lipinski definition) is 0. The first-order valence-electron chi connectivity index (χ1n) is 12.2. The summed E-state index contributed by atoms with van der Waals surface area (Å²) in [6.07, 6.45) is 2.61. The molecule has 0 aromatic heterocycles. The fourth-order valence-corrected chi connectivity index (χ4v) is 5.64. The Bertz CT molecular complexity index is 1000. The summed E-state index contributed by atoms with van der Waals surface area (Å²) in [7, 11) is 0. The Balaban J connectivity index is 2.24. The highest BCUT2D eigenvalue weighted by Gasteiger charge is 2.57. The number of esters is 4. The van der Waals surface area contributed by atoms with E-state index in [2.05, 4.69) is 0 Å². The van der Waals surface area contributed by atoms with Crippen molar-refractivity contribution in [3.8, 4) is 0 Å². The minimum absolute atomic E-state index is 0.196. The van der Waals surface area contributed by atoms with E-state index < -0.39 is 41.8 Å². The summed E-state index contributed by atoms with van der Waals surface area (Å²) in [5, 5.41) is 0. The fraction of sp³-hybridized carbons (Fsp3) is 0.630. The topological polar surface area (TPSA) is 105 Å². The van der Waals surface area contributed by atoms with Crippen LogP contribution in [-0.4, -0.2) is 48.3 Å². The molecule has 0 bridgehead atoms. The standard InChI is InChI=1S/C27H36O8/c1-8-24(30)35-23-10-9-14(2)11-21-19(16(4)26(31)34-21)13-20-15(3)12-22(32-17(5)28)25(27(20,23)7)33-18(6)29/h11-12,20-23,25H,8-10,13H2,1-7H3/b14-11-/t20-,21-,22-,23+,25-,27-/m1/s1. The Morgan fingerprint density at radius 1 is 1.06 bits per heavy atom. The molecule has 0 aromatic carbocycles. The van der Waals surface area contributed by atoms with Gasteiger partial charge in [-0.3, -0.25) is 14.4 Å². The molecule has 0 saturated carbocycles. The van der Waals surface area contributed by atoms with E-state index in [-0.39, 0.29) is 24.3 Å². The minimum Gasteiger partial charge on any atom is -0.462 e. The SMILES string of the molecule is CCC(=O)O[C@H]1CC/C(C)=C\[C@H]2OC(=O)C(C)=C2C[C@@H]2C(C)=C[C@@H](OC(C)=O)[C@@H](OC(C)=O)[C@@]12C. The van der Waals surface area contributed by atoms with Crippen molar-refractivity contribution in [2.75, 3.05) is 0 Å². The molecule has 35 heavy (non-hydrogen) atoms. The van der Waals surface area contributed by atoms with Crippen molar-refractivity contribution in [2.24, 2.45) is 11.3 Å². The summed E-state index contributed by atoms with van der Waals surface area (Å²) in [4.78, 5) is 49.3. The molecule has 3 rings (SSSR count). The lowest BCUT2D eigenvalue weighted by molar-refractivity contribution is -0.198. The number of carbonyl (C=O) groups is 4. The van der Waals surface area contributed by atoms with Gasteiger partial charge in [-0.1, -0.05) is 25.0 Å². The lowest BCUT2D eigenvalue weighted by Gasteiger charge is -2.52. The lowest BCUT2D eigenvalue weighted by atomic mass is 9.58. The third-order valence-electron chi connectivity index (χ3n) is 7.52. The highest BCUT2D eigenvalue weighted by molar-refractivity contribution is 5.92. The maximum atomic E-state index is 12.6. The van der Waals surface area contributed by atoms with Gasteiger partial charge in [0.25, 0.3) is 0 Å². The molecule has 8 heteroatoms. The lowest BCUT2D eigenvalue weighted by Crippen LogP contribution is -2.59. The van der Waals surface area contributed by atoms with Crippen LogP contribution in [0.15, 0.2) is 34.4 Å². The van der Waals surface area contributed by atoms with Gasteiger partial charge in [-0.25, -0.2) is 4.79 Å². The van der Waals surface area contributed by atoms with Crippen molar-refractivity contribution < 1.29 is 38.1 Å². The summed E-state index contributed by atoms with van der Waals surface area (Å²) in [5.41, 5.74) is 2.37. The van der Waals surface area contributed by atoms with Gasteiger partial charge in [-0.05, 0) is 63.7 Å². The van der Waals surface area contributed by atoms with Gasteiger partial charge in [0.15, 0.2) is 12.2 Å². The van der Waals surface area contributed by atoms with E-state index in [0.29, 0.717) is 24.8 Å². The van der Waals surface area contributed by atoms with E-state index in [9.17, 15) is 19.2 Å². The molecule has 1 heterocycles. The first-order chi connectivity index (χ1) is 16.4. The first kappa shape index (κ1) is 26.7. The molecule has 0 amide bonds. The Hall–Kier alpha value is -2.90. The van der Waals surface area contributed by atoms with Gasteiger partial charge in [-0.2, -0.15) is 0 Å². The van der Waals surface area contributed by atoms with E-state index in [1.54, 1.807) is 19.9 Å². The minimum atomic E-state index is -0.948. The average molecular weight is 489 g/mol. The Kier molecular flexibility index (Phi) is 7.92. The van der Waals surface area contributed by atoms with Crippen LogP contribution in [0.4, 0.5) is 0 Å². The van der Waals surface area contributed by atoms with Crippen LogP contribution in [0.3, 0.4) is 0 Å². The molecule has 8 nitrogen and oxygen atoms in total. The number of hydrogen-bond acceptors (Lipinski definition) is 8. The zero-order valence-electron chi connectivity index (χ0n) is 21.6. The average Bonchev–Trinajstić information content (AvgIpc) is 3.02. The van der Waals surface area contributed by atoms with Crippen molar-refractivity contribution in [3.63, 3.8) is 0 Å². The van der Waals surface area contributed by atoms with E-state index in [1.807, 2.05) is 26.8 Å². The van der Waals surface area contributed by atoms with Gasteiger partial charge in [0, 0.05) is 25.8 Å². The third-order valence-corrected chi connectivity index (χ3v) is 7.52. The molecule has 0 spiro atoms. The summed E-state index contributed by atoms with van der Waals surface area (Å²) in [6, 6.07) is 0. The number of ether oxygens (including phenoxy) is 4. The zero-order valence-corrected chi connectivity index (χ0v) is 21.6. The predicted molar refractivity (Wildman–Crippen MR) is 127 cm³/mol. The van der Waals surface area contributed by atoms with Crippen molar-refractivity contribution in [1.29, 1.82) is 0 Å². The van der Waals surface area contributed by atoms with Gasteiger partial charge in [0.1, 0.15) is 12.2 Å². The van der Waals surface area contributed by atoms with Crippen LogP contribution >= 0.6 is 0 Å². The maximum Gasteiger partial charge on any atom is 0.334 e. The van der Waals surface area contributed by atoms with Gasteiger partial charge < -0.3 is 18.9 Å². The molecule has 0 N–H and O–H groups in total. The van der Waals surface area contributed by atoms with Gasteiger partial charge in [0.2, 0.25) is 0 Å². The smallest absolute Gasteiger partial charge is 0.334 e. The molecule has 2 aliphatic carbocycles. The van der Waals surface area contributed by atoms with Crippen molar-refractivity contribution in [1.82, 2.24) is 0 Å². The number of carbonyl (C=O) groups excluding carboxylic acids is 4. The summed E-state index contributed by atoms with van der Waals surface area (Å²) < 4.78 is 23.1. The second-order valence-electron chi connectivity index (χ2n) is 10.00. The first-order valence-corrected chi connectivity index (χ1v) is 12.2. The molecular formula is C27H36O8. The normalized spacial score (nSPS) is 34.4. The van der Waals surface area contributed by atoms with Crippen LogP contribution in [-0.2, 0) is 38.1 Å². The summed E-state index contributed by atoms with van der Waals surface area (Å²) >= 11 is 0.